The zero-order valence-electron chi connectivity index (χ0n) is 6.83. The van der Waals surface area contributed by atoms with Gasteiger partial charge in [-0.05, 0) is 19.8 Å². The van der Waals surface area contributed by atoms with Crippen LogP contribution < -0.4 is 10.5 Å². The van der Waals surface area contributed by atoms with Crippen LogP contribution in [0.25, 0.3) is 0 Å². The molecule has 1 aliphatic rings. The third-order valence-electron chi connectivity index (χ3n) is 1.73. The smallest absolute Gasteiger partial charge is 0.218 e. The molecule has 1 fully saturated rings. The molecule has 0 aromatic heterocycles. The Morgan fingerprint density at radius 3 is 2.50 bits per heavy atom. The Bertz CT molecular complexity index is 293. The summed E-state index contributed by atoms with van der Waals surface area (Å²) in [6.07, 6.45) is 1.78. The predicted octanol–water partition coefficient (Wildman–Crippen LogP) is -0.256. The van der Waals surface area contributed by atoms with Crippen LogP contribution in [0.2, 0.25) is 0 Å². The van der Waals surface area contributed by atoms with Crippen molar-refractivity contribution in [1.29, 1.82) is 0 Å². The molecule has 1 saturated carbocycles. The summed E-state index contributed by atoms with van der Waals surface area (Å²) < 4.78 is 25.0. The second-order valence-electron chi connectivity index (χ2n) is 3.39. The number of nitrogens with one attached hydrogen (secondary N) is 1. The van der Waals surface area contributed by atoms with Crippen LogP contribution in [0.4, 0.5) is 0 Å². The number of thiocarbonyl (C=S) groups is 1. The van der Waals surface area contributed by atoms with Gasteiger partial charge in [-0.1, -0.05) is 12.2 Å². The van der Waals surface area contributed by atoms with Crippen LogP contribution >= 0.6 is 12.2 Å². The van der Waals surface area contributed by atoms with Gasteiger partial charge in [0.1, 0.15) is 5.75 Å². The molecule has 6 heteroatoms. The van der Waals surface area contributed by atoms with Crippen molar-refractivity contribution >= 4 is 27.2 Å². The quantitative estimate of drug-likeness (QED) is 0.625. The minimum atomic E-state index is -3.29. The average molecular weight is 208 g/mol. The first kappa shape index (κ1) is 9.88. The summed E-state index contributed by atoms with van der Waals surface area (Å²) in [5, 5.41) is 0. The molecular weight excluding hydrogens is 196 g/mol. The highest BCUT2D eigenvalue weighted by Crippen LogP contribution is 2.34. The van der Waals surface area contributed by atoms with Crippen molar-refractivity contribution in [2.45, 2.75) is 25.3 Å². The van der Waals surface area contributed by atoms with E-state index in [0.29, 0.717) is 0 Å². The third-order valence-corrected chi connectivity index (χ3v) is 3.56. The zero-order chi connectivity index (χ0) is 9.41. The number of hydrogen-bond acceptors (Lipinski definition) is 3. The van der Waals surface area contributed by atoms with Gasteiger partial charge < -0.3 is 5.73 Å². The lowest BCUT2D eigenvalue weighted by Gasteiger charge is -2.10. The molecule has 70 valence electrons. The van der Waals surface area contributed by atoms with Gasteiger partial charge in [0.15, 0.2) is 0 Å². The van der Waals surface area contributed by atoms with E-state index in [0.717, 1.165) is 12.8 Å². The number of nitrogens with two attached hydrogens (primary N) is 1. The summed E-state index contributed by atoms with van der Waals surface area (Å²) >= 11 is 4.51. The van der Waals surface area contributed by atoms with Crippen LogP contribution in [-0.2, 0) is 10.0 Å². The Labute approximate surface area is 77.6 Å². The average Bonchev–Trinajstić information content (AvgIpc) is 2.40. The molecule has 0 heterocycles. The summed E-state index contributed by atoms with van der Waals surface area (Å²) in [5.41, 5.74) is 4.90. The van der Waals surface area contributed by atoms with Gasteiger partial charge in [-0.25, -0.2) is 13.1 Å². The lowest BCUT2D eigenvalue weighted by Crippen LogP contribution is -2.39. The zero-order valence-corrected chi connectivity index (χ0v) is 8.46. The summed E-state index contributed by atoms with van der Waals surface area (Å²) in [6, 6.07) is 0. The maximum atomic E-state index is 11.2. The SMILES string of the molecule is CC1(NS(=O)(=O)CC(N)=S)CC1. The summed E-state index contributed by atoms with van der Waals surface area (Å²) in [4.78, 5) is 0.00625. The van der Waals surface area contributed by atoms with Crippen LogP contribution in [0.15, 0.2) is 0 Å². The van der Waals surface area contributed by atoms with Crippen LogP contribution in [-0.4, -0.2) is 24.7 Å². The van der Waals surface area contributed by atoms with Gasteiger partial charge in [0.2, 0.25) is 10.0 Å². The molecule has 0 atom stereocenters. The highest BCUT2D eigenvalue weighted by atomic mass is 32.2. The second kappa shape index (κ2) is 2.93. The van der Waals surface area contributed by atoms with Crippen LogP contribution in [0.3, 0.4) is 0 Å². The lowest BCUT2D eigenvalue weighted by molar-refractivity contribution is 0.562. The summed E-state index contributed by atoms with van der Waals surface area (Å²) in [6.45, 7) is 1.87. The maximum absolute atomic E-state index is 11.2. The minimum Gasteiger partial charge on any atom is -0.392 e. The van der Waals surface area contributed by atoms with Gasteiger partial charge in [0.05, 0.1) is 4.99 Å². The van der Waals surface area contributed by atoms with Crippen LogP contribution in [0.1, 0.15) is 19.8 Å². The summed E-state index contributed by atoms with van der Waals surface area (Å²) in [7, 11) is -3.29. The fourth-order valence-electron chi connectivity index (χ4n) is 0.888. The Balaban J connectivity index is 2.55. The van der Waals surface area contributed by atoms with E-state index in [1.54, 1.807) is 0 Å². The second-order valence-corrected chi connectivity index (χ2v) is 5.63. The summed E-state index contributed by atoms with van der Waals surface area (Å²) in [5.74, 6) is -0.252. The van der Waals surface area contributed by atoms with E-state index in [4.69, 9.17) is 5.73 Å². The van der Waals surface area contributed by atoms with Crippen molar-refractivity contribution in [2.75, 3.05) is 5.75 Å². The van der Waals surface area contributed by atoms with E-state index in [9.17, 15) is 8.42 Å². The van der Waals surface area contributed by atoms with E-state index < -0.39 is 10.0 Å². The van der Waals surface area contributed by atoms with Gasteiger partial charge in [-0.15, -0.1) is 0 Å². The van der Waals surface area contributed by atoms with Crippen molar-refractivity contribution < 1.29 is 8.42 Å². The van der Waals surface area contributed by atoms with Crippen LogP contribution in [0.5, 0.6) is 0 Å². The third kappa shape index (κ3) is 3.04. The Kier molecular flexibility index (Phi) is 2.42. The molecular formula is C6H12N2O2S2. The van der Waals surface area contributed by atoms with Gasteiger partial charge in [0.25, 0.3) is 0 Å². The molecule has 0 bridgehead atoms. The monoisotopic (exact) mass is 208 g/mol. The molecule has 0 unspecified atom stereocenters. The van der Waals surface area contributed by atoms with Gasteiger partial charge >= 0.3 is 0 Å². The van der Waals surface area contributed by atoms with E-state index in [1.807, 2.05) is 6.92 Å². The maximum Gasteiger partial charge on any atom is 0.218 e. The Morgan fingerprint density at radius 2 is 2.17 bits per heavy atom. The van der Waals surface area contributed by atoms with Crippen molar-refractivity contribution in [2.24, 2.45) is 5.73 Å². The molecule has 0 aromatic carbocycles. The van der Waals surface area contributed by atoms with Crippen LogP contribution in [0, 0.1) is 0 Å². The number of hydrogen-bond donors (Lipinski definition) is 2. The van der Waals surface area contributed by atoms with Crippen molar-refractivity contribution in [3.05, 3.63) is 0 Å². The molecule has 3 N–H and O–H groups in total. The first-order valence-corrected chi connectivity index (χ1v) is 5.69. The van der Waals surface area contributed by atoms with Crippen molar-refractivity contribution in [3.8, 4) is 0 Å². The fraction of sp³-hybridized carbons (Fsp3) is 0.833. The highest BCUT2D eigenvalue weighted by molar-refractivity contribution is 7.92. The molecule has 0 aromatic rings. The standard InChI is InChI=1S/C6H12N2O2S2/c1-6(2-3-6)8-12(9,10)4-5(7)11/h8H,2-4H2,1H3,(H2,7,11). The molecule has 1 rings (SSSR count). The Morgan fingerprint density at radius 1 is 1.67 bits per heavy atom. The molecule has 0 radical (unpaired) electrons. The van der Waals surface area contributed by atoms with Crippen molar-refractivity contribution in [3.63, 3.8) is 0 Å². The van der Waals surface area contributed by atoms with E-state index >= 15 is 0 Å². The predicted molar refractivity (Wildman–Crippen MR) is 51.3 cm³/mol. The first-order valence-electron chi connectivity index (χ1n) is 3.63. The van der Waals surface area contributed by atoms with E-state index in [2.05, 4.69) is 16.9 Å². The molecule has 12 heavy (non-hydrogen) atoms. The Hall–Kier alpha value is -0.200. The van der Waals surface area contributed by atoms with Gasteiger partial charge in [-0.2, -0.15) is 0 Å². The number of rotatable bonds is 4. The topological polar surface area (TPSA) is 72.2 Å². The largest absolute Gasteiger partial charge is 0.392 e. The molecule has 1 aliphatic carbocycles. The normalized spacial score (nSPS) is 20.4. The van der Waals surface area contributed by atoms with Gasteiger partial charge in [0, 0.05) is 5.54 Å². The molecule has 0 aliphatic heterocycles. The van der Waals surface area contributed by atoms with E-state index in [1.165, 1.54) is 0 Å². The molecule has 0 saturated heterocycles. The van der Waals surface area contributed by atoms with Gasteiger partial charge in [-0.3, -0.25) is 0 Å². The fourth-order valence-corrected chi connectivity index (χ4v) is 2.76. The molecule has 0 spiro atoms. The first-order chi connectivity index (χ1) is 5.33. The lowest BCUT2D eigenvalue weighted by atomic mass is 10.4. The number of sulfonamides is 1. The molecule has 0 amide bonds. The molecule has 4 nitrogen and oxygen atoms in total. The van der Waals surface area contributed by atoms with E-state index in [-0.39, 0.29) is 16.3 Å². The highest BCUT2D eigenvalue weighted by Gasteiger charge is 2.40. The minimum absolute atomic E-state index is 0.00625. The van der Waals surface area contributed by atoms with Crippen molar-refractivity contribution in [1.82, 2.24) is 4.72 Å².